The summed E-state index contributed by atoms with van der Waals surface area (Å²) in [6.45, 7) is 1.67. The lowest BCUT2D eigenvalue weighted by atomic mass is 9.92. The standard InChI is InChI=1S/C21H18FN3O3S/c1-21(14-6-8-15(22)9-7-14)19(26)25(20(27)24-21)11-16-12-29-18(23-16)13-4-3-5-17(10-13)28-2/h3-10,12H,11H2,1-2H3,(H,24,27). The summed E-state index contributed by atoms with van der Waals surface area (Å²) >= 11 is 1.43. The van der Waals surface area contributed by atoms with Gasteiger partial charge in [-0.1, -0.05) is 24.3 Å². The lowest BCUT2D eigenvalue weighted by molar-refractivity contribution is -0.131. The van der Waals surface area contributed by atoms with Gasteiger partial charge in [-0.25, -0.2) is 14.2 Å². The average molecular weight is 411 g/mol. The number of amides is 3. The first kappa shape index (κ1) is 19.1. The summed E-state index contributed by atoms with van der Waals surface area (Å²) in [4.78, 5) is 31.2. The monoisotopic (exact) mass is 411 g/mol. The molecule has 1 aliphatic heterocycles. The second kappa shape index (κ2) is 7.29. The van der Waals surface area contributed by atoms with E-state index in [4.69, 9.17) is 4.74 Å². The molecular weight excluding hydrogens is 393 g/mol. The van der Waals surface area contributed by atoms with Crippen LogP contribution in [0, 0.1) is 5.82 Å². The number of imide groups is 1. The number of aromatic nitrogens is 1. The van der Waals surface area contributed by atoms with Crippen molar-refractivity contribution in [2.24, 2.45) is 0 Å². The smallest absolute Gasteiger partial charge is 0.325 e. The first-order valence-corrected chi connectivity index (χ1v) is 9.77. The molecule has 3 aromatic rings. The largest absolute Gasteiger partial charge is 0.497 e. The molecule has 2 heterocycles. The Kier molecular flexibility index (Phi) is 4.79. The molecule has 29 heavy (non-hydrogen) atoms. The van der Waals surface area contributed by atoms with Crippen LogP contribution in [0.25, 0.3) is 10.6 Å². The summed E-state index contributed by atoms with van der Waals surface area (Å²) in [7, 11) is 1.60. The molecule has 4 rings (SSSR count). The number of halogens is 1. The van der Waals surface area contributed by atoms with Gasteiger partial charge < -0.3 is 10.1 Å². The van der Waals surface area contributed by atoms with Crippen LogP contribution in [0.4, 0.5) is 9.18 Å². The van der Waals surface area contributed by atoms with Gasteiger partial charge in [0.05, 0.1) is 19.3 Å². The van der Waals surface area contributed by atoms with Crippen molar-refractivity contribution >= 4 is 23.3 Å². The Morgan fingerprint density at radius 1 is 1.21 bits per heavy atom. The highest BCUT2D eigenvalue weighted by atomic mass is 32.1. The maximum atomic E-state index is 13.2. The molecule has 8 heteroatoms. The Morgan fingerprint density at radius 2 is 1.97 bits per heavy atom. The predicted octanol–water partition coefficient (Wildman–Crippen LogP) is 3.93. The normalized spacial score (nSPS) is 18.8. The number of carbonyl (C=O) groups excluding carboxylic acids is 2. The Bertz CT molecular complexity index is 1080. The third-order valence-electron chi connectivity index (χ3n) is 4.89. The van der Waals surface area contributed by atoms with E-state index in [2.05, 4.69) is 10.3 Å². The average Bonchev–Trinajstić information content (AvgIpc) is 3.28. The van der Waals surface area contributed by atoms with Gasteiger partial charge in [0.2, 0.25) is 0 Å². The van der Waals surface area contributed by atoms with Gasteiger partial charge in [-0.15, -0.1) is 11.3 Å². The molecule has 6 nitrogen and oxygen atoms in total. The van der Waals surface area contributed by atoms with E-state index in [9.17, 15) is 14.0 Å². The van der Waals surface area contributed by atoms with Crippen LogP contribution in [-0.2, 0) is 16.9 Å². The van der Waals surface area contributed by atoms with E-state index in [0.717, 1.165) is 21.2 Å². The van der Waals surface area contributed by atoms with E-state index in [1.54, 1.807) is 14.0 Å². The fourth-order valence-corrected chi connectivity index (χ4v) is 4.06. The zero-order valence-electron chi connectivity index (χ0n) is 15.8. The molecule has 1 unspecified atom stereocenters. The Hall–Kier alpha value is -3.26. The lowest BCUT2D eigenvalue weighted by Gasteiger charge is -2.22. The van der Waals surface area contributed by atoms with Crippen molar-refractivity contribution < 1.29 is 18.7 Å². The third-order valence-corrected chi connectivity index (χ3v) is 5.83. The molecule has 1 saturated heterocycles. The molecule has 3 amide bonds. The Morgan fingerprint density at radius 3 is 2.69 bits per heavy atom. The number of urea groups is 1. The molecule has 0 radical (unpaired) electrons. The first-order chi connectivity index (χ1) is 13.9. The fraction of sp³-hybridized carbons (Fsp3) is 0.190. The van der Waals surface area contributed by atoms with Crippen molar-refractivity contribution in [2.45, 2.75) is 19.0 Å². The highest BCUT2D eigenvalue weighted by Gasteiger charge is 2.49. The van der Waals surface area contributed by atoms with Crippen LogP contribution in [0.3, 0.4) is 0 Å². The number of rotatable bonds is 5. The van der Waals surface area contributed by atoms with Gasteiger partial charge in [0.1, 0.15) is 22.1 Å². The highest BCUT2D eigenvalue weighted by Crippen LogP contribution is 2.31. The minimum atomic E-state index is -1.24. The van der Waals surface area contributed by atoms with Gasteiger partial charge in [-0.05, 0) is 36.8 Å². The van der Waals surface area contributed by atoms with Crippen molar-refractivity contribution in [3.05, 3.63) is 71.0 Å². The van der Waals surface area contributed by atoms with E-state index in [1.807, 2.05) is 29.6 Å². The van der Waals surface area contributed by atoms with Crippen LogP contribution in [0.2, 0.25) is 0 Å². The molecule has 0 bridgehead atoms. The van der Waals surface area contributed by atoms with E-state index in [1.165, 1.54) is 35.6 Å². The Balaban J connectivity index is 1.55. The fourth-order valence-electron chi connectivity index (χ4n) is 3.25. The maximum Gasteiger partial charge on any atom is 0.325 e. The zero-order chi connectivity index (χ0) is 20.6. The number of carbonyl (C=O) groups is 2. The summed E-state index contributed by atoms with van der Waals surface area (Å²) in [5.74, 6) is -0.0769. The summed E-state index contributed by atoms with van der Waals surface area (Å²) in [6, 6.07) is 12.6. The first-order valence-electron chi connectivity index (χ1n) is 8.90. The predicted molar refractivity (Wildman–Crippen MR) is 107 cm³/mol. The molecule has 2 aromatic carbocycles. The van der Waals surface area contributed by atoms with Crippen LogP contribution in [0.5, 0.6) is 5.75 Å². The molecule has 1 fully saturated rings. The van der Waals surface area contributed by atoms with Crippen molar-refractivity contribution in [2.75, 3.05) is 7.11 Å². The second-order valence-electron chi connectivity index (χ2n) is 6.83. The molecule has 1 N–H and O–H groups in total. The molecule has 1 aromatic heterocycles. The van der Waals surface area contributed by atoms with Gasteiger partial charge in [-0.3, -0.25) is 9.69 Å². The van der Waals surface area contributed by atoms with Gasteiger partial charge in [0.15, 0.2) is 0 Å². The van der Waals surface area contributed by atoms with Gasteiger partial charge in [0, 0.05) is 10.9 Å². The molecule has 0 saturated carbocycles. The number of nitrogens with zero attached hydrogens (tertiary/aromatic N) is 2. The van der Waals surface area contributed by atoms with E-state index < -0.39 is 23.3 Å². The molecule has 0 aliphatic carbocycles. The number of ether oxygens (including phenoxy) is 1. The van der Waals surface area contributed by atoms with E-state index in [-0.39, 0.29) is 6.54 Å². The SMILES string of the molecule is COc1cccc(-c2nc(CN3C(=O)NC(C)(c4ccc(F)cc4)C3=O)cs2)c1. The number of methoxy groups -OCH3 is 1. The van der Waals surface area contributed by atoms with Gasteiger partial charge in [0.25, 0.3) is 5.91 Å². The molecule has 0 spiro atoms. The summed E-state index contributed by atoms with van der Waals surface area (Å²) in [6.07, 6.45) is 0. The number of hydrogen-bond donors (Lipinski definition) is 1. The minimum Gasteiger partial charge on any atom is -0.497 e. The van der Waals surface area contributed by atoms with Crippen LogP contribution in [-0.4, -0.2) is 28.9 Å². The summed E-state index contributed by atoms with van der Waals surface area (Å²) in [5, 5.41) is 5.31. The van der Waals surface area contributed by atoms with Crippen molar-refractivity contribution in [1.29, 1.82) is 0 Å². The number of thiazole rings is 1. The minimum absolute atomic E-state index is 0.0575. The zero-order valence-corrected chi connectivity index (χ0v) is 16.6. The maximum absolute atomic E-state index is 13.2. The number of hydrogen-bond acceptors (Lipinski definition) is 5. The van der Waals surface area contributed by atoms with E-state index in [0.29, 0.717) is 11.3 Å². The molecular formula is C21H18FN3O3S. The van der Waals surface area contributed by atoms with Gasteiger partial charge in [-0.2, -0.15) is 0 Å². The topological polar surface area (TPSA) is 71.5 Å². The summed E-state index contributed by atoms with van der Waals surface area (Å²) < 4.78 is 18.5. The quantitative estimate of drug-likeness (QED) is 0.646. The van der Waals surface area contributed by atoms with Crippen LogP contribution in [0.15, 0.2) is 53.9 Å². The second-order valence-corrected chi connectivity index (χ2v) is 7.69. The lowest BCUT2D eigenvalue weighted by Crippen LogP contribution is -2.40. The molecule has 1 aliphatic rings. The number of nitrogens with one attached hydrogen (secondary N) is 1. The molecule has 1 atom stereocenters. The van der Waals surface area contributed by atoms with E-state index >= 15 is 0 Å². The van der Waals surface area contributed by atoms with Crippen molar-refractivity contribution in [3.8, 4) is 16.3 Å². The van der Waals surface area contributed by atoms with Crippen LogP contribution < -0.4 is 10.1 Å². The van der Waals surface area contributed by atoms with Crippen molar-refractivity contribution in [1.82, 2.24) is 15.2 Å². The third kappa shape index (κ3) is 3.47. The Labute approximate surface area is 171 Å². The highest BCUT2D eigenvalue weighted by molar-refractivity contribution is 7.13. The van der Waals surface area contributed by atoms with Crippen LogP contribution >= 0.6 is 11.3 Å². The van der Waals surface area contributed by atoms with Crippen molar-refractivity contribution in [3.63, 3.8) is 0 Å². The van der Waals surface area contributed by atoms with Crippen LogP contribution in [0.1, 0.15) is 18.2 Å². The molecule has 148 valence electrons. The van der Waals surface area contributed by atoms with Gasteiger partial charge >= 0.3 is 6.03 Å². The summed E-state index contributed by atoms with van der Waals surface area (Å²) in [5.41, 5.74) is 0.792. The number of benzene rings is 2.